The number of carbonyl (C=O) groups excluding carboxylic acids is 1. The minimum Gasteiger partial charge on any atom is -0.375 e. The first-order chi connectivity index (χ1) is 15.2. The van der Waals surface area contributed by atoms with Crippen molar-refractivity contribution in [1.29, 1.82) is 0 Å². The fourth-order valence-electron chi connectivity index (χ4n) is 4.28. The molecule has 31 heavy (non-hydrogen) atoms. The molecule has 0 saturated heterocycles. The van der Waals surface area contributed by atoms with E-state index in [0.29, 0.717) is 12.8 Å². The average molecular weight is 415 g/mol. The number of aliphatic imine (C=N–C) groups is 1. The molecule has 0 bridgehead atoms. The molecule has 1 aliphatic heterocycles. The van der Waals surface area contributed by atoms with Gasteiger partial charge in [0.15, 0.2) is 0 Å². The van der Waals surface area contributed by atoms with Gasteiger partial charge in [-0.15, -0.1) is 0 Å². The number of nitrogens with one attached hydrogen (secondary N) is 1. The van der Waals surface area contributed by atoms with Gasteiger partial charge in [-0.05, 0) is 24.3 Å². The maximum Gasteiger partial charge on any atom is 0.247 e. The standard InChI is InChI=1S/C24H25N5O2/c1-31-23-13-17(9-10-22(23)28-12-11-25-15-28)24(30)27-18-5-4-6-19(14-18)29-16-26-20-7-2-3-8-21(20)29/h2-10,15-16,18,23H,11-14H2,1H3,(H,27,30). The van der Waals surface area contributed by atoms with Gasteiger partial charge in [-0.25, -0.2) is 4.98 Å². The summed E-state index contributed by atoms with van der Waals surface area (Å²) in [6.45, 7) is 1.65. The summed E-state index contributed by atoms with van der Waals surface area (Å²) < 4.78 is 7.76. The third kappa shape index (κ3) is 3.84. The van der Waals surface area contributed by atoms with Crippen LogP contribution in [0.15, 0.2) is 77.2 Å². The monoisotopic (exact) mass is 415 g/mol. The minimum atomic E-state index is -0.148. The van der Waals surface area contributed by atoms with Gasteiger partial charge < -0.3 is 19.5 Å². The first-order valence-electron chi connectivity index (χ1n) is 10.5. The van der Waals surface area contributed by atoms with E-state index >= 15 is 0 Å². The van der Waals surface area contributed by atoms with Gasteiger partial charge in [0.05, 0.1) is 30.0 Å². The Morgan fingerprint density at radius 2 is 2.10 bits per heavy atom. The second-order valence-corrected chi connectivity index (χ2v) is 7.86. The van der Waals surface area contributed by atoms with Gasteiger partial charge in [0.1, 0.15) is 12.4 Å². The van der Waals surface area contributed by atoms with Gasteiger partial charge in [0, 0.05) is 43.5 Å². The molecule has 1 N–H and O–H groups in total. The van der Waals surface area contributed by atoms with E-state index in [0.717, 1.165) is 41.1 Å². The molecule has 0 saturated carbocycles. The number of carbonyl (C=O) groups is 1. The van der Waals surface area contributed by atoms with Crippen molar-refractivity contribution in [2.45, 2.75) is 25.0 Å². The molecule has 0 fully saturated rings. The molecular weight excluding hydrogens is 390 g/mol. The number of ether oxygens (including phenoxy) is 1. The number of hydrogen-bond acceptors (Lipinski definition) is 5. The Bertz CT molecular complexity index is 1150. The lowest BCUT2D eigenvalue weighted by Gasteiger charge is -2.29. The van der Waals surface area contributed by atoms with Gasteiger partial charge in [-0.3, -0.25) is 9.79 Å². The van der Waals surface area contributed by atoms with Crippen molar-refractivity contribution in [2.24, 2.45) is 4.99 Å². The maximum atomic E-state index is 13.0. The number of nitrogens with zero attached hydrogens (tertiary/aromatic N) is 4. The van der Waals surface area contributed by atoms with Crippen LogP contribution < -0.4 is 5.32 Å². The highest BCUT2D eigenvalue weighted by atomic mass is 16.5. The van der Waals surface area contributed by atoms with Crippen LogP contribution in [0.3, 0.4) is 0 Å². The quantitative estimate of drug-likeness (QED) is 0.815. The third-order valence-corrected chi connectivity index (χ3v) is 5.93. The van der Waals surface area contributed by atoms with E-state index in [-0.39, 0.29) is 18.1 Å². The lowest BCUT2D eigenvalue weighted by molar-refractivity contribution is -0.118. The van der Waals surface area contributed by atoms with Gasteiger partial charge in [-0.2, -0.15) is 0 Å². The lowest BCUT2D eigenvalue weighted by atomic mass is 9.97. The Kier molecular flexibility index (Phi) is 5.26. The van der Waals surface area contributed by atoms with Crippen LogP contribution >= 0.6 is 0 Å². The number of imidazole rings is 1. The largest absolute Gasteiger partial charge is 0.375 e. The molecular formula is C24H25N5O2. The number of methoxy groups -OCH3 is 1. The molecule has 1 amide bonds. The Hall–Kier alpha value is -3.45. The third-order valence-electron chi connectivity index (χ3n) is 5.93. The molecule has 158 valence electrons. The van der Waals surface area contributed by atoms with Crippen molar-refractivity contribution < 1.29 is 9.53 Å². The van der Waals surface area contributed by atoms with Crippen molar-refractivity contribution in [3.8, 4) is 0 Å². The zero-order valence-corrected chi connectivity index (χ0v) is 17.4. The summed E-state index contributed by atoms with van der Waals surface area (Å²) in [5.74, 6) is -0.0566. The molecule has 1 aromatic carbocycles. The second kappa shape index (κ2) is 8.35. The summed E-state index contributed by atoms with van der Waals surface area (Å²) >= 11 is 0. The van der Waals surface area contributed by atoms with Crippen molar-refractivity contribution in [3.63, 3.8) is 0 Å². The molecule has 2 atom stereocenters. The molecule has 2 unspecified atom stereocenters. The predicted octanol–water partition coefficient (Wildman–Crippen LogP) is 2.89. The molecule has 2 heterocycles. The first kappa shape index (κ1) is 19.5. The van der Waals surface area contributed by atoms with E-state index < -0.39 is 0 Å². The van der Waals surface area contributed by atoms with Crippen LogP contribution in [0.25, 0.3) is 16.7 Å². The van der Waals surface area contributed by atoms with Crippen molar-refractivity contribution in [3.05, 3.63) is 72.2 Å². The fourth-order valence-corrected chi connectivity index (χ4v) is 4.28. The maximum absolute atomic E-state index is 13.0. The topological polar surface area (TPSA) is 71.8 Å². The molecule has 7 heteroatoms. The number of amides is 1. The highest BCUT2D eigenvalue weighted by Crippen LogP contribution is 2.26. The Balaban J connectivity index is 1.28. The van der Waals surface area contributed by atoms with Crippen LogP contribution in [0, 0.1) is 0 Å². The van der Waals surface area contributed by atoms with Crippen LogP contribution in [0.1, 0.15) is 12.8 Å². The molecule has 1 aromatic heterocycles. The van der Waals surface area contributed by atoms with Gasteiger partial charge >= 0.3 is 0 Å². The van der Waals surface area contributed by atoms with E-state index in [1.807, 2.05) is 55.2 Å². The van der Waals surface area contributed by atoms with E-state index in [1.165, 1.54) is 0 Å². The number of rotatable bonds is 5. The Labute approximate surface area is 181 Å². The van der Waals surface area contributed by atoms with Crippen LogP contribution in [-0.2, 0) is 9.53 Å². The molecule has 7 nitrogen and oxygen atoms in total. The molecule has 0 spiro atoms. The van der Waals surface area contributed by atoms with E-state index in [2.05, 4.69) is 36.9 Å². The number of allylic oxidation sites excluding steroid dienone is 4. The summed E-state index contributed by atoms with van der Waals surface area (Å²) in [7, 11) is 1.68. The van der Waals surface area contributed by atoms with Crippen LogP contribution in [-0.4, -0.2) is 59.0 Å². The van der Waals surface area contributed by atoms with Gasteiger partial charge in [0.25, 0.3) is 0 Å². The van der Waals surface area contributed by atoms with E-state index in [9.17, 15) is 4.79 Å². The van der Waals surface area contributed by atoms with Gasteiger partial charge in [-0.1, -0.05) is 30.4 Å². The number of para-hydroxylation sites is 2. The number of fused-ring (bicyclic) bond motifs is 1. The predicted molar refractivity (Wildman–Crippen MR) is 121 cm³/mol. The highest BCUT2D eigenvalue weighted by Gasteiger charge is 2.28. The number of aromatic nitrogens is 2. The zero-order chi connectivity index (χ0) is 21.2. The Morgan fingerprint density at radius 1 is 1.19 bits per heavy atom. The summed E-state index contributed by atoms with van der Waals surface area (Å²) in [5.41, 5.74) is 4.90. The van der Waals surface area contributed by atoms with Crippen LogP contribution in [0.5, 0.6) is 0 Å². The summed E-state index contributed by atoms with van der Waals surface area (Å²) in [6.07, 6.45) is 14.8. The number of benzene rings is 1. The summed E-state index contributed by atoms with van der Waals surface area (Å²) in [6, 6.07) is 7.98. The zero-order valence-electron chi connectivity index (χ0n) is 17.4. The summed E-state index contributed by atoms with van der Waals surface area (Å²) in [4.78, 5) is 23.8. The molecule has 2 aromatic rings. The van der Waals surface area contributed by atoms with E-state index in [4.69, 9.17) is 4.74 Å². The number of hydrogen-bond donors (Lipinski definition) is 1. The van der Waals surface area contributed by atoms with Crippen molar-refractivity contribution in [1.82, 2.24) is 19.8 Å². The molecule has 3 aliphatic rings. The molecule has 5 rings (SSSR count). The first-order valence-corrected chi connectivity index (χ1v) is 10.5. The normalized spacial score (nSPS) is 23.0. The highest BCUT2D eigenvalue weighted by molar-refractivity contribution is 5.94. The van der Waals surface area contributed by atoms with Gasteiger partial charge in [0.2, 0.25) is 5.91 Å². The second-order valence-electron chi connectivity index (χ2n) is 7.86. The fraction of sp³-hybridized carbons (Fsp3) is 0.292. The van der Waals surface area contributed by atoms with Crippen molar-refractivity contribution in [2.75, 3.05) is 20.2 Å². The Morgan fingerprint density at radius 3 is 2.94 bits per heavy atom. The van der Waals surface area contributed by atoms with E-state index in [1.54, 1.807) is 7.11 Å². The molecule has 2 aliphatic carbocycles. The average Bonchev–Trinajstić information content (AvgIpc) is 3.49. The smallest absolute Gasteiger partial charge is 0.247 e. The minimum absolute atomic E-state index is 0.0566. The lowest BCUT2D eigenvalue weighted by Crippen LogP contribution is -2.38. The van der Waals surface area contributed by atoms with Crippen LogP contribution in [0.4, 0.5) is 0 Å². The molecule has 0 radical (unpaired) electrons. The van der Waals surface area contributed by atoms with Crippen molar-refractivity contribution >= 4 is 29.0 Å². The summed E-state index contributed by atoms with van der Waals surface area (Å²) in [5, 5.41) is 3.16. The van der Waals surface area contributed by atoms with Crippen LogP contribution in [0.2, 0.25) is 0 Å². The SMILES string of the molecule is COC1CC(C(=O)NC2C=CC=C(n3cnc4ccccc43)C2)=CC=C1N1C=NCC1.